The van der Waals surface area contributed by atoms with E-state index in [1.54, 1.807) is 13.0 Å². The highest BCUT2D eigenvalue weighted by Gasteiger charge is 2.08. The molecule has 0 amide bonds. The number of carboxylic acids is 1. The molecule has 4 nitrogen and oxygen atoms in total. The maximum atomic E-state index is 12.3. The summed E-state index contributed by atoms with van der Waals surface area (Å²) in [6, 6.07) is 4.17. The van der Waals surface area contributed by atoms with Crippen molar-refractivity contribution in [3.8, 4) is 11.5 Å². The Hall–Kier alpha value is -2.56. The van der Waals surface area contributed by atoms with Crippen LogP contribution in [0.3, 0.4) is 0 Å². The summed E-state index contributed by atoms with van der Waals surface area (Å²) in [5.74, 6) is -0.938. The molecule has 142 valence electrons. The molecule has 3 N–H and O–H groups in total. The zero-order chi connectivity index (χ0) is 19.5. The number of halogens is 1. The van der Waals surface area contributed by atoms with E-state index in [1.165, 1.54) is 18.2 Å². The number of hydrogen-bond donors (Lipinski definition) is 3. The number of allylic oxidation sites excluding steroid dienone is 5. The Kier molecular flexibility index (Phi) is 9.20. The highest BCUT2D eigenvalue weighted by molar-refractivity contribution is 5.86. The lowest BCUT2D eigenvalue weighted by Gasteiger charge is -2.05. The van der Waals surface area contributed by atoms with Gasteiger partial charge >= 0.3 is 5.97 Å². The van der Waals surface area contributed by atoms with Crippen LogP contribution in [-0.2, 0) is 11.2 Å². The molecule has 0 heterocycles. The minimum atomic E-state index is -0.989. The van der Waals surface area contributed by atoms with Crippen LogP contribution in [-0.4, -0.2) is 28.0 Å². The second-order valence-corrected chi connectivity index (χ2v) is 6.36. The standard InChI is InChI=1S/C21H27FO4/c1-15(5-3-7-16(2)14-22)6-4-8-17(21(25)26)9-10-18-13-19(23)11-12-20(18)24/h6-7,9,11-13,23-24H,3-5,8,10,14H2,1-2H3,(H,25,26). The number of phenolic OH excluding ortho intramolecular Hbond substituents is 2. The zero-order valence-corrected chi connectivity index (χ0v) is 15.3. The molecule has 0 saturated heterocycles. The van der Waals surface area contributed by atoms with Gasteiger partial charge in [-0.2, -0.15) is 0 Å². The first-order valence-electron chi connectivity index (χ1n) is 8.64. The van der Waals surface area contributed by atoms with Crippen molar-refractivity contribution in [1.82, 2.24) is 0 Å². The number of carboxylic acid groups (broad SMARTS) is 1. The Labute approximate surface area is 154 Å². The molecule has 0 unspecified atom stereocenters. The summed E-state index contributed by atoms with van der Waals surface area (Å²) in [6.45, 7) is 3.31. The highest BCUT2D eigenvalue weighted by atomic mass is 19.1. The summed E-state index contributed by atoms with van der Waals surface area (Å²) in [6.07, 6.45) is 8.25. The van der Waals surface area contributed by atoms with Crippen LogP contribution < -0.4 is 0 Å². The van der Waals surface area contributed by atoms with Crippen LogP contribution in [0, 0.1) is 0 Å². The van der Waals surface area contributed by atoms with Gasteiger partial charge < -0.3 is 15.3 Å². The maximum Gasteiger partial charge on any atom is 0.331 e. The van der Waals surface area contributed by atoms with E-state index < -0.39 is 12.6 Å². The van der Waals surface area contributed by atoms with Gasteiger partial charge in [0.15, 0.2) is 0 Å². The number of carbonyl (C=O) groups is 1. The number of aromatic hydroxyl groups is 2. The van der Waals surface area contributed by atoms with Gasteiger partial charge in [-0.05, 0) is 69.7 Å². The van der Waals surface area contributed by atoms with Gasteiger partial charge in [-0.15, -0.1) is 0 Å². The molecule has 0 aromatic heterocycles. The molecular weight excluding hydrogens is 335 g/mol. The van der Waals surface area contributed by atoms with E-state index in [1.807, 2.05) is 19.1 Å². The molecule has 1 rings (SSSR count). The van der Waals surface area contributed by atoms with Crippen molar-refractivity contribution >= 4 is 5.97 Å². The van der Waals surface area contributed by atoms with Crippen LogP contribution in [0.25, 0.3) is 0 Å². The van der Waals surface area contributed by atoms with Gasteiger partial charge in [0.1, 0.15) is 18.2 Å². The van der Waals surface area contributed by atoms with Crippen LogP contribution >= 0.6 is 0 Å². The van der Waals surface area contributed by atoms with Crippen molar-refractivity contribution in [2.45, 2.75) is 46.0 Å². The molecule has 1 aromatic rings. The van der Waals surface area contributed by atoms with E-state index in [9.17, 15) is 24.5 Å². The van der Waals surface area contributed by atoms with Gasteiger partial charge in [-0.1, -0.05) is 23.8 Å². The molecule has 0 aliphatic carbocycles. The molecule has 1 aromatic carbocycles. The van der Waals surface area contributed by atoms with Gasteiger partial charge in [-0.3, -0.25) is 0 Å². The van der Waals surface area contributed by atoms with Gasteiger partial charge in [-0.25, -0.2) is 9.18 Å². The van der Waals surface area contributed by atoms with E-state index in [2.05, 4.69) is 0 Å². The Bertz CT molecular complexity index is 702. The second-order valence-electron chi connectivity index (χ2n) is 6.36. The molecule has 0 spiro atoms. The average molecular weight is 362 g/mol. The first-order valence-corrected chi connectivity index (χ1v) is 8.64. The van der Waals surface area contributed by atoms with Gasteiger partial charge in [0.25, 0.3) is 0 Å². The predicted octanol–water partition coefficient (Wildman–Crippen LogP) is 5.07. The van der Waals surface area contributed by atoms with Crippen LogP contribution in [0.5, 0.6) is 11.5 Å². The first kappa shape index (κ1) is 21.5. The van der Waals surface area contributed by atoms with Crippen molar-refractivity contribution in [2.24, 2.45) is 0 Å². The lowest BCUT2D eigenvalue weighted by atomic mass is 10.0. The molecule has 0 fully saturated rings. The minimum absolute atomic E-state index is 0.0242. The Morgan fingerprint density at radius 1 is 1.04 bits per heavy atom. The molecular formula is C21H27FO4. The summed E-state index contributed by atoms with van der Waals surface area (Å²) >= 11 is 0. The molecule has 26 heavy (non-hydrogen) atoms. The van der Waals surface area contributed by atoms with Crippen molar-refractivity contribution < 1.29 is 24.5 Å². The lowest BCUT2D eigenvalue weighted by Crippen LogP contribution is -2.01. The third kappa shape index (κ3) is 8.01. The van der Waals surface area contributed by atoms with E-state index in [0.29, 0.717) is 18.4 Å². The normalized spacial score (nSPS) is 13.1. The predicted molar refractivity (Wildman–Crippen MR) is 101 cm³/mol. The monoisotopic (exact) mass is 362 g/mol. The Morgan fingerprint density at radius 3 is 2.35 bits per heavy atom. The van der Waals surface area contributed by atoms with Gasteiger partial charge in [0.05, 0.1) is 0 Å². The van der Waals surface area contributed by atoms with E-state index in [-0.39, 0.29) is 23.5 Å². The van der Waals surface area contributed by atoms with Crippen LogP contribution in [0.1, 0.15) is 45.1 Å². The summed E-state index contributed by atoms with van der Waals surface area (Å²) in [5.41, 5.74) is 2.61. The molecule has 0 atom stereocenters. The number of rotatable bonds is 10. The quantitative estimate of drug-likeness (QED) is 0.308. The smallest absolute Gasteiger partial charge is 0.331 e. The number of benzene rings is 1. The number of hydrogen-bond acceptors (Lipinski definition) is 3. The van der Waals surface area contributed by atoms with E-state index >= 15 is 0 Å². The van der Waals surface area contributed by atoms with Gasteiger partial charge in [0, 0.05) is 11.1 Å². The molecule has 0 aliphatic rings. The van der Waals surface area contributed by atoms with Crippen LogP contribution in [0.4, 0.5) is 4.39 Å². The third-order valence-electron chi connectivity index (χ3n) is 4.05. The number of phenols is 2. The number of alkyl halides is 1. The van der Waals surface area contributed by atoms with Crippen molar-refractivity contribution in [1.29, 1.82) is 0 Å². The summed E-state index contributed by atoms with van der Waals surface area (Å²) < 4.78 is 12.3. The molecule has 0 bridgehead atoms. The van der Waals surface area contributed by atoms with E-state index in [0.717, 1.165) is 24.0 Å². The topological polar surface area (TPSA) is 77.8 Å². The maximum absolute atomic E-state index is 12.3. The molecule has 0 radical (unpaired) electrons. The fourth-order valence-corrected chi connectivity index (χ4v) is 2.44. The Morgan fingerprint density at radius 2 is 1.69 bits per heavy atom. The summed E-state index contributed by atoms with van der Waals surface area (Å²) in [7, 11) is 0. The summed E-state index contributed by atoms with van der Waals surface area (Å²) in [5, 5.41) is 28.5. The van der Waals surface area contributed by atoms with Crippen molar-refractivity contribution in [3.63, 3.8) is 0 Å². The largest absolute Gasteiger partial charge is 0.508 e. The van der Waals surface area contributed by atoms with Crippen LogP contribution in [0.2, 0.25) is 0 Å². The van der Waals surface area contributed by atoms with Crippen molar-refractivity contribution in [2.75, 3.05) is 6.67 Å². The molecule has 0 saturated carbocycles. The summed E-state index contributed by atoms with van der Waals surface area (Å²) in [4.78, 5) is 11.4. The lowest BCUT2D eigenvalue weighted by molar-refractivity contribution is -0.132. The third-order valence-corrected chi connectivity index (χ3v) is 4.05. The zero-order valence-electron chi connectivity index (χ0n) is 15.3. The number of aliphatic carboxylic acids is 1. The van der Waals surface area contributed by atoms with Gasteiger partial charge in [0.2, 0.25) is 0 Å². The van der Waals surface area contributed by atoms with Crippen molar-refractivity contribution in [3.05, 3.63) is 58.7 Å². The minimum Gasteiger partial charge on any atom is -0.508 e. The molecule has 5 heteroatoms. The highest BCUT2D eigenvalue weighted by Crippen LogP contribution is 2.23. The average Bonchev–Trinajstić information content (AvgIpc) is 2.60. The fourth-order valence-electron chi connectivity index (χ4n) is 2.44. The fraction of sp³-hybridized carbons (Fsp3) is 0.381. The first-order chi connectivity index (χ1) is 12.3. The molecule has 0 aliphatic heterocycles. The SMILES string of the molecule is CC(=CCCC(C)=CCCC(=CCc1cc(O)ccc1O)C(=O)O)CF. The second kappa shape index (κ2) is 11.1. The van der Waals surface area contributed by atoms with Crippen LogP contribution in [0.15, 0.2) is 53.1 Å². The van der Waals surface area contributed by atoms with E-state index in [4.69, 9.17) is 0 Å². The Balaban J connectivity index is 2.61.